The molecule has 3 N–H and O–H groups in total. The van der Waals surface area contributed by atoms with Crippen LogP contribution in [0.4, 0.5) is 14.5 Å². The Morgan fingerprint density at radius 2 is 2.00 bits per heavy atom. The summed E-state index contributed by atoms with van der Waals surface area (Å²) < 4.78 is 41.1. The number of ether oxygens (including phenoxy) is 2. The minimum Gasteiger partial charge on any atom is -0.454 e. The van der Waals surface area contributed by atoms with Crippen molar-refractivity contribution in [1.29, 1.82) is 0 Å². The Morgan fingerprint density at radius 1 is 1.16 bits per heavy atom. The van der Waals surface area contributed by atoms with Gasteiger partial charge >= 0.3 is 6.61 Å². The predicted octanol–water partition coefficient (Wildman–Crippen LogP) is 2.46. The van der Waals surface area contributed by atoms with Gasteiger partial charge in [0.15, 0.2) is 11.4 Å². The maximum atomic E-state index is 13.3. The molecule has 0 fully saturated rings. The number of anilines is 1. The average molecular weight is 523 g/mol. The van der Waals surface area contributed by atoms with Gasteiger partial charge in [0.25, 0.3) is 5.91 Å². The molecule has 0 atom stereocenters. The van der Waals surface area contributed by atoms with E-state index in [2.05, 4.69) is 25.6 Å². The lowest BCUT2D eigenvalue weighted by Gasteiger charge is -2.13. The molecule has 194 valence electrons. The Balaban J connectivity index is 1.57. The van der Waals surface area contributed by atoms with Gasteiger partial charge in [-0.25, -0.2) is 9.50 Å². The van der Waals surface area contributed by atoms with Gasteiger partial charge in [-0.2, -0.15) is 24.1 Å². The molecule has 38 heavy (non-hydrogen) atoms. The molecule has 15 heteroatoms. The van der Waals surface area contributed by atoms with E-state index in [4.69, 9.17) is 15.2 Å². The number of hydrogen-bond acceptors (Lipinski definition) is 8. The van der Waals surface area contributed by atoms with Crippen LogP contribution >= 0.6 is 0 Å². The van der Waals surface area contributed by atoms with Gasteiger partial charge in [0.1, 0.15) is 29.3 Å². The highest BCUT2D eigenvalue weighted by Crippen LogP contribution is 2.38. The second-order valence-corrected chi connectivity index (χ2v) is 7.94. The Kier molecular flexibility index (Phi) is 6.39. The van der Waals surface area contributed by atoms with Crippen LogP contribution in [0.3, 0.4) is 0 Å². The first kappa shape index (κ1) is 24.4. The molecule has 0 aliphatic heterocycles. The van der Waals surface area contributed by atoms with Gasteiger partial charge < -0.3 is 20.5 Å². The number of primary amides is 1. The summed E-state index contributed by atoms with van der Waals surface area (Å²) in [4.78, 5) is 28.9. The minimum atomic E-state index is -3.14. The van der Waals surface area contributed by atoms with E-state index in [1.807, 2.05) is 0 Å². The van der Waals surface area contributed by atoms with E-state index in [1.54, 1.807) is 25.5 Å². The van der Waals surface area contributed by atoms with Gasteiger partial charge in [0.05, 0.1) is 29.8 Å². The van der Waals surface area contributed by atoms with Crippen LogP contribution in [0.1, 0.15) is 10.4 Å². The summed E-state index contributed by atoms with van der Waals surface area (Å²) in [5.41, 5.74) is 5.93. The highest BCUT2D eigenvalue weighted by Gasteiger charge is 2.23. The number of carbonyl (C=O) groups excluding carboxylic acids is 2. The number of benzene rings is 1. The van der Waals surface area contributed by atoms with E-state index in [1.165, 1.54) is 56.9 Å². The zero-order valence-corrected chi connectivity index (χ0v) is 19.7. The molecule has 0 aliphatic rings. The molecule has 4 heterocycles. The molecule has 0 saturated carbocycles. The maximum Gasteiger partial charge on any atom is 0.387 e. The molecule has 1 aromatic carbocycles. The van der Waals surface area contributed by atoms with Crippen molar-refractivity contribution >= 4 is 23.1 Å². The predicted molar refractivity (Wildman–Crippen MR) is 128 cm³/mol. The number of alkyl halides is 2. The van der Waals surface area contributed by atoms with Crippen LogP contribution in [-0.4, -0.2) is 52.6 Å². The maximum absolute atomic E-state index is 13.3. The van der Waals surface area contributed by atoms with Gasteiger partial charge in [0.2, 0.25) is 5.91 Å². The van der Waals surface area contributed by atoms with E-state index in [9.17, 15) is 18.4 Å². The van der Waals surface area contributed by atoms with Gasteiger partial charge in [-0.1, -0.05) is 0 Å². The van der Waals surface area contributed by atoms with Crippen molar-refractivity contribution in [3.05, 3.63) is 67.0 Å². The number of amides is 2. The minimum absolute atomic E-state index is 0.0244. The van der Waals surface area contributed by atoms with Gasteiger partial charge in [-0.15, -0.1) is 0 Å². The normalized spacial score (nSPS) is 11.2. The van der Waals surface area contributed by atoms with Gasteiger partial charge in [0, 0.05) is 25.6 Å². The molecule has 0 radical (unpaired) electrons. The van der Waals surface area contributed by atoms with E-state index in [0.717, 1.165) is 0 Å². The summed E-state index contributed by atoms with van der Waals surface area (Å²) in [6.07, 6.45) is 8.89. The summed E-state index contributed by atoms with van der Waals surface area (Å²) in [6, 6.07) is 5.77. The fourth-order valence-electron chi connectivity index (χ4n) is 3.67. The van der Waals surface area contributed by atoms with Crippen molar-refractivity contribution < 1.29 is 27.8 Å². The average Bonchev–Trinajstić information content (AvgIpc) is 3.58. The third kappa shape index (κ3) is 5.11. The number of carbonyl (C=O) groups is 2. The standard InChI is InChI=1S/C23H19F2N9O4/c1-32-10-14(8-28-32)37-13-3-4-18(38-23(24)25)15(7-13)20-17(11-33(31-20)12-19(26)35)30-22(36)16-9-29-34-6-2-5-27-21(16)34/h2-11,23H,12H2,1H3,(H2,26,35)(H,30,36). The summed E-state index contributed by atoms with van der Waals surface area (Å²) in [5.74, 6) is -0.896. The van der Waals surface area contributed by atoms with E-state index in [-0.39, 0.29) is 40.6 Å². The van der Waals surface area contributed by atoms with E-state index < -0.39 is 18.4 Å². The molecule has 2 amide bonds. The largest absolute Gasteiger partial charge is 0.454 e. The van der Waals surface area contributed by atoms with Crippen LogP contribution in [0.2, 0.25) is 0 Å². The van der Waals surface area contributed by atoms with Crippen LogP contribution in [0, 0.1) is 0 Å². The smallest absolute Gasteiger partial charge is 0.387 e. The third-order valence-electron chi connectivity index (χ3n) is 5.19. The van der Waals surface area contributed by atoms with Gasteiger partial charge in [-0.05, 0) is 24.3 Å². The van der Waals surface area contributed by atoms with Crippen LogP contribution in [-0.2, 0) is 18.4 Å². The molecular weight excluding hydrogens is 504 g/mol. The fourth-order valence-corrected chi connectivity index (χ4v) is 3.67. The summed E-state index contributed by atoms with van der Waals surface area (Å²) in [5, 5.41) is 15.1. The van der Waals surface area contributed by atoms with Crippen LogP contribution in [0.5, 0.6) is 17.2 Å². The van der Waals surface area contributed by atoms with E-state index in [0.29, 0.717) is 11.4 Å². The Morgan fingerprint density at radius 3 is 2.74 bits per heavy atom. The van der Waals surface area contributed by atoms with Crippen molar-refractivity contribution in [3.63, 3.8) is 0 Å². The first-order chi connectivity index (χ1) is 18.3. The number of rotatable bonds is 9. The second-order valence-electron chi connectivity index (χ2n) is 7.94. The molecule has 5 rings (SSSR count). The molecule has 0 spiro atoms. The number of halogens is 2. The topological polar surface area (TPSA) is 156 Å². The Bertz CT molecular complexity index is 1640. The zero-order valence-electron chi connectivity index (χ0n) is 19.7. The van der Waals surface area contributed by atoms with E-state index >= 15 is 0 Å². The molecular formula is C23H19F2N9O4. The highest BCUT2D eigenvalue weighted by atomic mass is 19.3. The Labute approximate surface area is 212 Å². The molecule has 5 aromatic rings. The fraction of sp³-hybridized carbons (Fsp3) is 0.130. The lowest BCUT2D eigenvalue weighted by molar-refractivity contribution is -0.118. The summed E-state index contributed by atoms with van der Waals surface area (Å²) in [6.45, 7) is -3.48. The van der Waals surface area contributed by atoms with Crippen molar-refractivity contribution in [3.8, 4) is 28.5 Å². The molecule has 0 saturated heterocycles. The lowest BCUT2D eigenvalue weighted by atomic mass is 10.1. The first-order valence-electron chi connectivity index (χ1n) is 11.0. The van der Waals surface area contributed by atoms with Crippen molar-refractivity contribution in [2.75, 3.05) is 5.32 Å². The lowest BCUT2D eigenvalue weighted by Crippen LogP contribution is -2.19. The van der Waals surface area contributed by atoms with Crippen LogP contribution < -0.4 is 20.5 Å². The van der Waals surface area contributed by atoms with Crippen molar-refractivity contribution in [2.24, 2.45) is 12.8 Å². The quantitative estimate of drug-likeness (QED) is 0.298. The highest BCUT2D eigenvalue weighted by molar-refractivity contribution is 6.09. The van der Waals surface area contributed by atoms with Crippen LogP contribution in [0.15, 0.2) is 61.4 Å². The van der Waals surface area contributed by atoms with Crippen molar-refractivity contribution in [1.82, 2.24) is 34.2 Å². The van der Waals surface area contributed by atoms with Crippen LogP contribution in [0.25, 0.3) is 16.9 Å². The number of nitrogens with two attached hydrogens (primary N) is 1. The Hall–Kier alpha value is -5.34. The number of aryl methyl sites for hydroxylation is 1. The van der Waals surface area contributed by atoms with Crippen molar-refractivity contribution in [2.45, 2.75) is 13.2 Å². The van der Waals surface area contributed by atoms with Gasteiger partial charge in [-0.3, -0.25) is 19.0 Å². The SMILES string of the molecule is Cn1cc(Oc2ccc(OC(F)F)c(-c3nn(CC(N)=O)cc3NC(=O)c3cnn4cccnc34)c2)cn1. The summed E-state index contributed by atoms with van der Waals surface area (Å²) >= 11 is 0. The number of fused-ring (bicyclic) bond motifs is 1. The number of aromatic nitrogens is 7. The number of nitrogens with zero attached hydrogens (tertiary/aromatic N) is 7. The molecule has 4 aromatic heterocycles. The molecule has 13 nitrogen and oxygen atoms in total. The molecule has 0 aliphatic carbocycles. The third-order valence-corrected chi connectivity index (χ3v) is 5.19. The number of hydrogen-bond donors (Lipinski definition) is 2. The zero-order chi connectivity index (χ0) is 26.8. The number of nitrogens with one attached hydrogen (secondary N) is 1. The first-order valence-corrected chi connectivity index (χ1v) is 11.0. The second kappa shape index (κ2) is 9.96. The molecule has 0 bridgehead atoms. The molecule has 0 unspecified atom stereocenters. The summed E-state index contributed by atoms with van der Waals surface area (Å²) in [7, 11) is 1.71. The monoisotopic (exact) mass is 523 g/mol.